The van der Waals surface area contributed by atoms with Gasteiger partial charge in [-0.3, -0.25) is 0 Å². The van der Waals surface area contributed by atoms with Crippen LogP contribution in [0.4, 0.5) is 4.79 Å². The van der Waals surface area contributed by atoms with Gasteiger partial charge in [0.05, 0.1) is 6.10 Å². The number of carbonyl (C=O) groups excluding carboxylic acids is 1. The second-order valence-electron chi connectivity index (χ2n) is 8.65. The summed E-state index contributed by atoms with van der Waals surface area (Å²) in [6.45, 7) is 16.0. The van der Waals surface area contributed by atoms with Crippen LogP contribution in [0.2, 0.25) is 0 Å². The van der Waals surface area contributed by atoms with Gasteiger partial charge in [0.1, 0.15) is 5.76 Å². The predicted molar refractivity (Wildman–Crippen MR) is 121 cm³/mol. The van der Waals surface area contributed by atoms with Gasteiger partial charge in [0.15, 0.2) is 0 Å². The highest BCUT2D eigenvalue weighted by Gasteiger charge is 2.35. The van der Waals surface area contributed by atoms with Crippen molar-refractivity contribution >= 4 is 22.0 Å². The summed E-state index contributed by atoms with van der Waals surface area (Å²) in [6.07, 6.45) is 0.437. The molecule has 0 bridgehead atoms. The highest BCUT2D eigenvalue weighted by atomic mass is 79.9. The molecule has 1 amide bonds. The summed E-state index contributed by atoms with van der Waals surface area (Å²) in [5.74, 6) is 0.714. The molecule has 1 N–H and O–H groups in total. The zero-order valence-electron chi connectivity index (χ0n) is 18.4. The molecule has 1 aromatic carbocycles. The topological polar surface area (TPSA) is 49.8 Å². The Kier molecular flexibility index (Phi) is 8.12. The van der Waals surface area contributed by atoms with Crippen LogP contribution in [0.1, 0.15) is 66.1 Å². The third-order valence-corrected chi connectivity index (χ3v) is 6.32. The summed E-state index contributed by atoms with van der Waals surface area (Å²) in [4.78, 5) is 14.6. The van der Waals surface area contributed by atoms with Crippen LogP contribution < -0.4 is 0 Å². The van der Waals surface area contributed by atoms with Crippen LogP contribution in [0.5, 0.6) is 0 Å². The van der Waals surface area contributed by atoms with Crippen molar-refractivity contribution in [3.05, 3.63) is 57.8 Å². The monoisotopic (exact) mass is 463 g/mol. The molecule has 0 spiro atoms. The molecule has 4 nitrogen and oxygen atoms in total. The van der Waals surface area contributed by atoms with E-state index in [-0.39, 0.29) is 30.0 Å². The van der Waals surface area contributed by atoms with Crippen molar-refractivity contribution in [1.29, 1.82) is 0 Å². The molecule has 0 saturated heterocycles. The van der Waals surface area contributed by atoms with Gasteiger partial charge >= 0.3 is 6.09 Å². The van der Waals surface area contributed by atoms with Gasteiger partial charge in [0, 0.05) is 28.9 Å². The molecule has 160 valence electrons. The first-order chi connectivity index (χ1) is 13.5. The van der Waals surface area contributed by atoms with E-state index in [2.05, 4.69) is 22.5 Å². The summed E-state index contributed by atoms with van der Waals surface area (Å²) in [5, 5.41) is 11.1. The molecule has 2 rings (SSSR count). The number of nitrogens with zero attached hydrogens (tertiary/aromatic N) is 1. The number of aliphatic hydroxyl groups excluding tert-OH is 1. The maximum absolute atomic E-state index is 12.9. The number of amides is 1. The Labute approximate surface area is 183 Å². The second-order valence-corrected chi connectivity index (χ2v) is 9.57. The molecule has 1 aromatic rings. The minimum Gasteiger partial charge on any atom is -0.415 e. The third kappa shape index (κ3) is 5.73. The molecule has 1 aliphatic rings. The summed E-state index contributed by atoms with van der Waals surface area (Å²) in [5.41, 5.74) is 2.85. The van der Waals surface area contributed by atoms with Gasteiger partial charge in [-0.25, -0.2) is 4.79 Å². The van der Waals surface area contributed by atoms with Crippen molar-refractivity contribution < 1.29 is 14.6 Å². The Morgan fingerprint density at radius 2 is 1.76 bits per heavy atom. The largest absolute Gasteiger partial charge is 0.415 e. The highest BCUT2D eigenvalue weighted by Crippen LogP contribution is 2.43. The van der Waals surface area contributed by atoms with E-state index in [1.54, 1.807) is 4.90 Å². The SMILES string of the molecule is C=C(C)[C@H]1CC(OC(=O)N(C(C)C)C(C)C)=C(C)[C@@H]([C@H](O)c2ccc(Br)cc2)C1. The van der Waals surface area contributed by atoms with Gasteiger partial charge in [0.2, 0.25) is 0 Å². The molecule has 0 heterocycles. The van der Waals surface area contributed by atoms with Crippen LogP contribution in [0.25, 0.3) is 0 Å². The van der Waals surface area contributed by atoms with E-state index >= 15 is 0 Å². The average molecular weight is 464 g/mol. The molecular formula is C24H34BrNO3. The van der Waals surface area contributed by atoms with Crippen molar-refractivity contribution in [1.82, 2.24) is 4.90 Å². The Morgan fingerprint density at radius 3 is 2.24 bits per heavy atom. The number of ether oxygens (including phenoxy) is 1. The lowest BCUT2D eigenvalue weighted by molar-refractivity contribution is 0.0786. The number of benzene rings is 1. The standard InChI is InChI=1S/C24H34BrNO3/c1-14(2)19-12-21(23(27)18-8-10-20(25)11-9-18)17(7)22(13-19)29-24(28)26(15(3)4)16(5)6/h8-11,15-16,19,21,23,27H,1,12-13H2,2-7H3/t19-,21+,23-/m1/s1. The van der Waals surface area contributed by atoms with Crippen molar-refractivity contribution in [3.8, 4) is 0 Å². The first-order valence-corrected chi connectivity index (χ1v) is 11.1. The number of halogens is 1. The molecule has 0 aliphatic heterocycles. The highest BCUT2D eigenvalue weighted by molar-refractivity contribution is 9.10. The van der Waals surface area contributed by atoms with Crippen LogP contribution in [-0.2, 0) is 4.74 Å². The van der Waals surface area contributed by atoms with E-state index in [0.29, 0.717) is 12.2 Å². The van der Waals surface area contributed by atoms with Crippen LogP contribution in [0.3, 0.4) is 0 Å². The number of hydrogen-bond acceptors (Lipinski definition) is 3. The number of hydrogen-bond donors (Lipinski definition) is 1. The Hall–Kier alpha value is -1.59. The maximum Gasteiger partial charge on any atom is 0.415 e. The van der Waals surface area contributed by atoms with Crippen LogP contribution in [0.15, 0.2) is 52.2 Å². The van der Waals surface area contributed by atoms with Crippen LogP contribution >= 0.6 is 15.9 Å². The van der Waals surface area contributed by atoms with Crippen molar-refractivity contribution in [3.63, 3.8) is 0 Å². The minimum atomic E-state index is -0.662. The molecule has 0 unspecified atom stereocenters. The van der Waals surface area contributed by atoms with E-state index in [1.165, 1.54) is 0 Å². The van der Waals surface area contributed by atoms with E-state index in [4.69, 9.17) is 4.74 Å². The summed E-state index contributed by atoms with van der Waals surface area (Å²) < 4.78 is 6.88. The molecule has 1 aliphatic carbocycles. The van der Waals surface area contributed by atoms with Gasteiger partial charge in [-0.1, -0.05) is 40.2 Å². The van der Waals surface area contributed by atoms with Gasteiger partial charge in [-0.15, -0.1) is 0 Å². The van der Waals surface area contributed by atoms with Crippen molar-refractivity contribution in [2.45, 2.75) is 72.6 Å². The second kappa shape index (κ2) is 9.94. The smallest absolute Gasteiger partial charge is 0.415 e. The molecule has 3 atom stereocenters. The summed E-state index contributed by atoms with van der Waals surface area (Å²) >= 11 is 3.44. The molecule has 0 radical (unpaired) electrons. The Morgan fingerprint density at radius 1 is 1.21 bits per heavy atom. The minimum absolute atomic E-state index is 0.0492. The average Bonchev–Trinajstić information content (AvgIpc) is 2.62. The molecule has 29 heavy (non-hydrogen) atoms. The number of allylic oxidation sites excluding steroid dienone is 2. The lowest BCUT2D eigenvalue weighted by atomic mass is 9.74. The fourth-order valence-electron chi connectivity index (χ4n) is 4.09. The lowest BCUT2D eigenvalue weighted by Crippen LogP contribution is -2.42. The summed E-state index contributed by atoms with van der Waals surface area (Å²) in [6, 6.07) is 7.82. The molecule has 0 fully saturated rings. The zero-order chi connectivity index (χ0) is 21.9. The lowest BCUT2D eigenvalue weighted by Gasteiger charge is -2.36. The number of aliphatic hydroxyl groups is 1. The molecular weight excluding hydrogens is 430 g/mol. The van der Waals surface area contributed by atoms with Crippen molar-refractivity contribution in [2.24, 2.45) is 11.8 Å². The zero-order valence-corrected chi connectivity index (χ0v) is 20.0. The van der Waals surface area contributed by atoms with Gasteiger partial charge in [-0.05, 0) is 77.2 Å². The molecule has 5 heteroatoms. The number of carbonyl (C=O) groups is 1. The van der Waals surface area contributed by atoms with Gasteiger partial charge in [-0.2, -0.15) is 0 Å². The van der Waals surface area contributed by atoms with E-state index in [0.717, 1.165) is 27.6 Å². The van der Waals surface area contributed by atoms with E-state index in [1.807, 2.05) is 65.8 Å². The normalized spacial score (nSPS) is 20.8. The fourth-order valence-corrected chi connectivity index (χ4v) is 4.35. The number of rotatable bonds is 6. The van der Waals surface area contributed by atoms with Crippen molar-refractivity contribution in [2.75, 3.05) is 0 Å². The third-order valence-electron chi connectivity index (χ3n) is 5.79. The first kappa shape index (κ1) is 23.7. The van der Waals surface area contributed by atoms with Crippen LogP contribution in [-0.4, -0.2) is 28.2 Å². The Balaban J connectivity index is 2.35. The summed E-state index contributed by atoms with van der Waals surface area (Å²) in [7, 11) is 0. The van der Waals surface area contributed by atoms with Gasteiger partial charge < -0.3 is 14.7 Å². The van der Waals surface area contributed by atoms with Crippen LogP contribution in [0, 0.1) is 11.8 Å². The maximum atomic E-state index is 12.9. The predicted octanol–water partition coefficient (Wildman–Crippen LogP) is 6.61. The first-order valence-electron chi connectivity index (χ1n) is 10.3. The van der Waals surface area contributed by atoms with E-state index in [9.17, 15) is 9.90 Å². The molecule has 0 saturated carbocycles. The quantitative estimate of drug-likeness (QED) is 0.482. The van der Waals surface area contributed by atoms with E-state index < -0.39 is 6.10 Å². The molecule has 0 aromatic heterocycles. The Bertz CT molecular complexity index is 759. The fraction of sp³-hybridized carbons (Fsp3) is 0.542. The van der Waals surface area contributed by atoms with Gasteiger partial charge in [0.25, 0.3) is 0 Å².